The highest BCUT2D eigenvalue weighted by Crippen LogP contribution is 2.73. The minimum Gasteiger partial charge on any atom is -0.485 e. The molecule has 1 saturated heterocycles. The van der Waals surface area contributed by atoms with Gasteiger partial charge in [0.2, 0.25) is 0 Å². The van der Waals surface area contributed by atoms with E-state index in [0.29, 0.717) is 25.0 Å². The van der Waals surface area contributed by atoms with Gasteiger partial charge in [0, 0.05) is 29.8 Å². The Bertz CT molecular complexity index is 4520. The molecular weight excluding hydrogens is 791 g/mol. The van der Waals surface area contributed by atoms with Gasteiger partial charge in [-0.1, -0.05) is 96.6 Å². The molecule has 13 aromatic carbocycles. The summed E-state index contributed by atoms with van der Waals surface area (Å²) < 4.78 is 13.5. The Balaban J connectivity index is 0.897. The van der Waals surface area contributed by atoms with Crippen LogP contribution in [0.2, 0.25) is 0 Å². The Kier molecular flexibility index (Phi) is 4.74. The highest BCUT2D eigenvalue weighted by molar-refractivity contribution is 6.61. The maximum Gasteiger partial charge on any atom is 0.162 e. The van der Waals surface area contributed by atoms with Crippen molar-refractivity contribution < 1.29 is 9.47 Å². The van der Waals surface area contributed by atoms with Crippen molar-refractivity contribution in [3.8, 4) is 11.5 Å². The molecule has 3 heteroatoms. The average Bonchev–Trinajstić information content (AvgIpc) is 4.19. The topological polar surface area (TPSA) is 21.7 Å². The standard InChI is InChI=1S/C62H37NO2/c1-63-25-62-22-35-19-33-17-30-14-29-15-32-16-31-18-34-20-36(59(62)61(63)28-12-13-37(64-23-26-8-4-2-5-9-26)38(21-28)65-24-27-10-6-3-7-11-27)46-51-42(34)41(31)48-43(32)47-39(29)40(30)49-44(33)50-45(35)60(62)58(46)57-55(50)53(49)52(47)54(48)56(51)57/h2-13,15,17,19-21,36,59,61H,14,16,18,22-25H2,1H3. The fourth-order valence-corrected chi connectivity index (χ4v) is 17.6. The summed E-state index contributed by atoms with van der Waals surface area (Å²) in [5.74, 6) is 2.33. The van der Waals surface area contributed by atoms with Crippen molar-refractivity contribution in [3.05, 3.63) is 164 Å². The SMILES string of the molecule is CN1CC23Cc4cc5cc6c7c8c(cc9c%10c%11c%12c%13c%14c(c%15c2c4c2c5c7c4c2c%15c%14c%11c4c8%10)C(C=C%13CC=%12C9)C3C1c1ccc(OCc2ccccc2)c(OCc2ccccc2)c1)C6. The minimum atomic E-state index is -0.0139. The van der Waals surface area contributed by atoms with Gasteiger partial charge in [0.15, 0.2) is 11.5 Å². The molecule has 7 aliphatic rings. The van der Waals surface area contributed by atoms with E-state index in [-0.39, 0.29) is 11.5 Å². The van der Waals surface area contributed by atoms with Gasteiger partial charge in [-0.3, -0.25) is 4.90 Å². The Morgan fingerprint density at radius 2 is 1.18 bits per heavy atom. The zero-order chi connectivity index (χ0) is 41.2. The van der Waals surface area contributed by atoms with Gasteiger partial charge in [0.1, 0.15) is 13.2 Å². The molecule has 0 saturated carbocycles. The third kappa shape index (κ3) is 3.05. The predicted octanol–water partition coefficient (Wildman–Crippen LogP) is 13.2. The predicted molar refractivity (Wildman–Crippen MR) is 264 cm³/mol. The van der Waals surface area contributed by atoms with Crippen LogP contribution in [0, 0.1) is 5.92 Å². The quantitative estimate of drug-likeness (QED) is 0.149. The van der Waals surface area contributed by atoms with Crippen LogP contribution >= 0.6 is 0 Å². The number of likely N-dealkylation sites (tertiary alicyclic amines) is 1. The van der Waals surface area contributed by atoms with Crippen LogP contribution in [-0.4, -0.2) is 18.5 Å². The zero-order valence-electron chi connectivity index (χ0n) is 35.8. The van der Waals surface area contributed by atoms with Gasteiger partial charge in [-0.25, -0.2) is 0 Å². The van der Waals surface area contributed by atoms with E-state index in [2.05, 4.69) is 115 Å². The molecule has 1 aliphatic heterocycles. The van der Waals surface area contributed by atoms with Crippen molar-refractivity contribution in [2.45, 2.75) is 56.3 Å². The molecule has 0 N–H and O–H groups in total. The largest absolute Gasteiger partial charge is 0.485 e. The van der Waals surface area contributed by atoms with Gasteiger partial charge in [-0.2, -0.15) is 0 Å². The molecule has 0 radical (unpaired) electrons. The maximum absolute atomic E-state index is 6.85. The summed E-state index contributed by atoms with van der Waals surface area (Å²) in [6.07, 6.45) is 7.23. The fraction of sp³-hybridized carbons (Fsp3) is 0.194. The lowest BCUT2D eigenvalue weighted by Gasteiger charge is -2.44. The molecule has 1 fully saturated rings. The normalized spacial score (nSPS) is 23.2. The molecule has 302 valence electrons. The molecule has 1 spiro atoms. The molecule has 1 heterocycles. The zero-order valence-corrected chi connectivity index (χ0v) is 35.8. The van der Waals surface area contributed by atoms with Crippen molar-refractivity contribution in [2.24, 2.45) is 5.92 Å². The Hall–Kier alpha value is -6.94. The van der Waals surface area contributed by atoms with Gasteiger partial charge in [-0.15, -0.1) is 0 Å². The van der Waals surface area contributed by atoms with Crippen molar-refractivity contribution in [1.82, 2.24) is 4.90 Å². The van der Waals surface area contributed by atoms with Crippen LogP contribution in [-0.2, 0) is 37.9 Å². The van der Waals surface area contributed by atoms with Crippen molar-refractivity contribution in [1.29, 1.82) is 0 Å². The lowest BCUT2D eigenvalue weighted by atomic mass is 9.57. The second kappa shape index (κ2) is 9.69. The van der Waals surface area contributed by atoms with Crippen LogP contribution in [0.5, 0.6) is 11.5 Å². The highest BCUT2D eigenvalue weighted by atomic mass is 16.5. The number of likely N-dealkylation sites (N-methyl/N-ethyl adjacent to an activating group) is 1. The van der Waals surface area contributed by atoms with E-state index in [1.54, 1.807) is 147 Å². The van der Waals surface area contributed by atoms with Crippen LogP contribution in [0.1, 0.15) is 74.0 Å². The molecule has 13 aromatic rings. The lowest BCUT2D eigenvalue weighted by molar-refractivity contribution is 0.242. The van der Waals surface area contributed by atoms with Crippen LogP contribution in [0.4, 0.5) is 0 Å². The fourth-order valence-electron chi connectivity index (χ4n) is 17.6. The number of ether oxygens (including phenoxy) is 2. The van der Waals surface area contributed by atoms with E-state index < -0.39 is 0 Å². The molecule has 4 unspecified atom stereocenters. The summed E-state index contributed by atoms with van der Waals surface area (Å²) in [6, 6.07) is 36.3. The van der Waals surface area contributed by atoms with Crippen LogP contribution < -0.4 is 14.7 Å². The second-order valence-electron chi connectivity index (χ2n) is 21.7. The molecule has 4 atom stereocenters. The number of benzene rings is 10. The first-order valence-corrected chi connectivity index (χ1v) is 24.1. The van der Waals surface area contributed by atoms with E-state index in [9.17, 15) is 0 Å². The Labute approximate surface area is 372 Å². The monoisotopic (exact) mass is 827 g/mol. The van der Waals surface area contributed by atoms with Gasteiger partial charge >= 0.3 is 0 Å². The number of hydrogen-bond acceptors (Lipinski definition) is 3. The molecule has 3 nitrogen and oxygen atoms in total. The molecule has 0 aromatic heterocycles. The summed E-state index contributed by atoms with van der Waals surface area (Å²) in [5, 5.41) is 30.8. The number of nitrogens with zero attached hydrogens (tertiary/aromatic N) is 1. The van der Waals surface area contributed by atoms with Gasteiger partial charge in [-0.05, 0) is 208 Å². The molecule has 20 rings (SSSR count). The first-order chi connectivity index (χ1) is 32.1. The molecule has 0 bridgehead atoms. The molecular formula is C62H37NO2. The van der Waals surface area contributed by atoms with Crippen LogP contribution in [0.15, 0.2) is 103 Å². The summed E-state index contributed by atoms with van der Waals surface area (Å²) in [4.78, 5) is 2.76. The lowest BCUT2D eigenvalue weighted by Crippen LogP contribution is -2.41. The number of fused-ring (bicyclic) bond motifs is 1. The van der Waals surface area contributed by atoms with Crippen molar-refractivity contribution in [2.75, 3.05) is 13.6 Å². The number of allylic oxidation sites excluding steroid dienone is 2. The average molecular weight is 828 g/mol. The van der Waals surface area contributed by atoms with Gasteiger partial charge < -0.3 is 9.47 Å². The third-order valence-electron chi connectivity index (χ3n) is 19.1. The first-order valence-electron chi connectivity index (χ1n) is 24.1. The van der Waals surface area contributed by atoms with E-state index in [1.807, 2.05) is 0 Å². The number of hydrogen-bond donors (Lipinski definition) is 0. The summed E-state index contributed by atoms with van der Waals surface area (Å²) >= 11 is 0. The van der Waals surface area contributed by atoms with Crippen LogP contribution in [0.3, 0.4) is 0 Å². The highest BCUT2D eigenvalue weighted by Gasteiger charge is 2.63. The molecule has 6 aliphatic carbocycles. The Morgan fingerprint density at radius 1 is 0.554 bits per heavy atom. The van der Waals surface area contributed by atoms with E-state index in [4.69, 9.17) is 9.47 Å². The smallest absolute Gasteiger partial charge is 0.162 e. The van der Waals surface area contributed by atoms with Gasteiger partial charge in [0.05, 0.1) is 0 Å². The van der Waals surface area contributed by atoms with Crippen molar-refractivity contribution in [3.63, 3.8) is 0 Å². The first kappa shape index (κ1) is 31.8. The molecule has 65 heavy (non-hydrogen) atoms. The second-order valence-corrected chi connectivity index (χ2v) is 21.7. The number of rotatable bonds is 7. The minimum absolute atomic E-state index is 0.0139. The van der Waals surface area contributed by atoms with Crippen LogP contribution in [0.25, 0.3) is 108 Å². The Morgan fingerprint density at radius 3 is 1.98 bits per heavy atom. The third-order valence-corrected chi connectivity index (χ3v) is 19.1. The van der Waals surface area contributed by atoms with E-state index >= 15 is 0 Å². The van der Waals surface area contributed by atoms with Gasteiger partial charge in [0.25, 0.3) is 0 Å². The van der Waals surface area contributed by atoms with Crippen molar-refractivity contribution >= 4 is 108 Å². The summed E-state index contributed by atoms with van der Waals surface area (Å²) in [7, 11) is 2.44. The summed E-state index contributed by atoms with van der Waals surface area (Å²) in [6.45, 7) is 2.04. The molecule has 0 amide bonds. The van der Waals surface area contributed by atoms with E-state index in [0.717, 1.165) is 54.9 Å². The maximum atomic E-state index is 6.85. The van der Waals surface area contributed by atoms with E-state index in [1.165, 1.54) is 10.9 Å². The summed E-state index contributed by atoms with van der Waals surface area (Å²) in [5.41, 5.74) is 18.4.